The molecule has 22 heavy (non-hydrogen) atoms. The van der Waals surface area contributed by atoms with E-state index in [1.54, 1.807) is 11.4 Å². The average Bonchev–Trinajstić information content (AvgIpc) is 2.92. The van der Waals surface area contributed by atoms with E-state index in [4.69, 9.17) is 4.74 Å². The molecular weight excluding hydrogens is 302 g/mol. The summed E-state index contributed by atoms with van der Waals surface area (Å²) < 4.78 is 30.0. The molecule has 2 rings (SSSR count). The van der Waals surface area contributed by atoms with Crippen LogP contribution in [0.5, 0.6) is 5.88 Å². The zero-order chi connectivity index (χ0) is 16.5. The second kappa shape index (κ2) is 6.52. The minimum Gasteiger partial charge on any atom is -0.481 e. The molecule has 2 heterocycles. The highest BCUT2D eigenvalue weighted by Crippen LogP contribution is 2.23. The van der Waals surface area contributed by atoms with Crippen LogP contribution in [-0.4, -0.2) is 62.2 Å². The summed E-state index contributed by atoms with van der Waals surface area (Å²) in [6.07, 6.45) is 2.14. The lowest BCUT2D eigenvalue weighted by Gasteiger charge is -2.25. The zero-order valence-corrected chi connectivity index (χ0v) is 14.8. The first-order valence-corrected chi connectivity index (χ1v) is 9.23. The summed E-state index contributed by atoms with van der Waals surface area (Å²) >= 11 is 0. The minimum absolute atomic E-state index is 0.246. The van der Waals surface area contributed by atoms with Crippen molar-refractivity contribution >= 4 is 10.0 Å². The van der Waals surface area contributed by atoms with Crippen LogP contribution in [0.4, 0.5) is 0 Å². The Labute approximate surface area is 133 Å². The normalized spacial score (nSPS) is 19.8. The number of nitrogens with zero attached hydrogens (tertiary/aromatic N) is 3. The van der Waals surface area contributed by atoms with Gasteiger partial charge >= 0.3 is 0 Å². The quantitative estimate of drug-likeness (QED) is 0.812. The first-order valence-electron chi connectivity index (χ1n) is 7.39. The third-order valence-corrected chi connectivity index (χ3v) is 5.64. The van der Waals surface area contributed by atoms with E-state index < -0.39 is 10.0 Å². The summed E-state index contributed by atoms with van der Waals surface area (Å²) in [5, 5.41) is 0. The molecule has 1 fully saturated rings. The maximum absolute atomic E-state index is 11.6. The molecule has 0 bridgehead atoms. The van der Waals surface area contributed by atoms with Gasteiger partial charge in [-0.25, -0.2) is 17.7 Å². The Kier molecular flexibility index (Phi) is 5.09. The van der Waals surface area contributed by atoms with E-state index >= 15 is 0 Å². The van der Waals surface area contributed by atoms with Crippen LogP contribution in [0.1, 0.15) is 23.2 Å². The van der Waals surface area contributed by atoms with Crippen LogP contribution in [0.3, 0.4) is 0 Å². The number of likely N-dealkylation sites (N-methyl/N-ethyl adjacent to an activating group) is 1. The molecule has 0 aromatic carbocycles. The van der Waals surface area contributed by atoms with Gasteiger partial charge in [-0.3, -0.25) is 4.90 Å². The maximum atomic E-state index is 11.6. The van der Waals surface area contributed by atoms with Crippen molar-refractivity contribution in [3.05, 3.63) is 22.9 Å². The van der Waals surface area contributed by atoms with Gasteiger partial charge in [0.15, 0.2) is 0 Å². The lowest BCUT2D eigenvalue weighted by atomic mass is 10.1. The molecule has 1 saturated heterocycles. The van der Waals surface area contributed by atoms with Crippen LogP contribution in [0.25, 0.3) is 0 Å². The summed E-state index contributed by atoms with van der Waals surface area (Å²) in [5.74, 6) is 0.630. The Hall–Kier alpha value is -1.18. The van der Waals surface area contributed by atoms with Crippen LogP contribution >= 0.6 is 0 Å². The van der Waals surface area contributed by atoms with Crippen LogP contribution < -0.4 is 4.74 Å². The minimum atomic E-state index is -3.09. The highest BCUT2D eigenvalue weighted by Gasteiger charge is 2.31. The molecule has 1 aliphatic rings. The lowest BCUT2D eigenvalue weighted by molar-refractivity contribution is 0.240. The number of methoxy groups -OCH3 is 1. The molecule has 1 aromatic heterocycles. The monoisotopic (exact) mass is 327 g/mol. The van der Waals surface area contributed by atoms with Crippen molar-refractivity contribution < 1.29 is 13.2 Å². The molecule has 1 atom stereocenters. The highest BCUT2D eigenvalue weighted by molar-refractivity contribution is 7.88. The molecule has 0 saturated carbocycles. The van der Waals surface area contributed by atoms with E-state index in [9.17, 15) is 8.42 Å². The van der Waals surface area contributed by atoms with Crippen molar-refractivity contribution in [3.63, 3.8) is 0 Å². The van der Waals surface area contributed by atoms with Gasteiger partial charge in [-0.2, -0.15) is 0 Å². The predicted molar refractivity (Wildman–Crippen MR) is 86.6 cm³/mol. The number of rotatable bonds is 5. The van der Waals surface area contributed by atoms with Crippen LogP contribution in [0.15, 0.2) is 6.07 Å². The van der Waals surface area contributed by atoms with Crippen molar-refractivity contribution in [3.8, 4) is 5.88 Å². The molecule has 124 valence electrons. The van der Waals surface area contributed by atoms with Crippen molar-refractivity contribution in [1.82, 2.24) is 14.2 Å². The van der Waals surface area contributed by atoms with E-state index in [0.29, 0.717) is 19.0 Å². The van der Waals surface area contributed by atoms with E-state index in [-0.39, 0.29) is 6.04 Å². The molecule has 0 radical (unpaired) electrons. The molecule has 1 aliphatic heterocycles. The number of hydrogen-bond acceptors (Lipinski definition) is 5. The van der Waals surface area contributed by atoms with Gasteiger partial charge in [0.1, 0.15) is 0 Å². The summed E-state index contributed by atoms with van der Waals surface area (Å²) in [7, 11) is 0.568. The van der Waals surface area contributed by atoms with E-state index in [1.807, 2.05) is 20.0 Å². The van der Waals surface area contributed by atoms with Gasteiger partial charge in [-0.15, -0.1) is 0 Å². The molecule has 0 aliphatic carbocycles. The van der Waals surface area contributed by atoms with Crippen LogP contribution in [0.2, 0.25) is 0 Å². The molecular formula is C15H25N3O3S. The SMILES string of the molecule is COc1cc(C)c(CN(C)C2CCN(S(C)(=O)=O)C2)c(C)n1. The number of sulfonamides is 1. The van der Waals surface area contributed by atoms with Crippen molar-refractivity contribution in [2.45, 2.75) is 32.9 Å². The Bertz CT molecular complexity index is 622. The molecule has 7 heteroatoms. The summed E-state index contributed by atoms with van der Waals surface area (Å²) in [4.78, 5) is 6.65. The van der Waals surface area contributed by atoms with Gasteiger partial charge in [0.05, 0.1) is 13.4 Å². The summed E-state index contributed by atoms with van der Waals surface area (Å²) in [6, 6.07) is 2.18. The number of pyridine rings is 1. The first-order chi connectivity index (χ1) is 10.2. The Morgan fingerprint density at radius 1 is 1.45 bits per heavy atom. The van der Waals surface area contributed by atoms with Gasteiger partial charge in [-0.05, 0) is 38.4 Å². The topological polar surface area (TPSA) is 62.7 Å². The van der Waals surface area contributed by atoms with Gasteiger partial charge in [0.25, 0.3) is 0 Å². The summed E-state index contributed by atoms with van der Waals surface area (Å²) in [6.45, 7) is 5.97. The third-order valence-electron chi connectivity index (χ3n) is 4.37. The van der Waals surface area contributed by atoms with E-state index in [1.165, 1.54) is 11.8 Å². The Morgan fingerprint density at radius 3 is 2.64 bits per heavy atom. The van der Waals surface area contributed by atoms with Crippen molar-refractivity contribution in [2.24, 2.45) is 0 Å². The second-order valence-corrected chi connectivity index (χ2v) is 8.01. The van der Waals surface area contributed by atoms with Crippen molar-refractivity contribution in [2.75, 3.05) is 33.5 Å². The van der Waals surface area contributed by atoms with Crippen LogP contribution in [0, 0.1) is 13.8 Å². The third kappa shape index (κ3) is 3.77. The zero-order valence-electron chi connectivity index (χ0n) is 14.0. The molecule has 1 aromatic rings. The molecule has 0 amide bonds. The fourth-order valence-corrected chi connectivity index (χ4v) is 3.80. The highest BCUT2D eigenvalue weighted by atomic mass is 32.2. The first kappa shape index (κ1) is 17.2. The summed E-state index contributed by atoms with van der Waals surface area (Å²) in [5.41, 5.74) is 3.29. The number of ether oxygens (including phenoxy) is 1. The van der Waals surface area contributed by atoms with Gasteiger partial charge < -0.3 is 4.74 Å². The smallest absolute Gasteiger partial charge is 0.213 e. The number of hydrogen-bond donors (Lipinski definition) is 0. The van der Waals surface area contributed by atoms with Gasteiger partial charge in [-0.1, -0.05) is 0 Å². The molecule has 1 unspecified atom stereocenters. The molecule has 0 spiro atoms. The van der Waals surface area contributed by atoms with Crippen molar-refractivity contribution in [1.29, 1.82) is 0 Å². The van der Waals surface area contributed by atoms with Crippen LogP contribution in [-0.2, 0) is 16.6 Å². The van der Waals surface area contributed by atoms with E-state index in [2.05, 4.69) is 16.8 Å². The molecule has 0 N–H and O–H groups in total. The number of aromatic nitrogens is 1. The second-order valence-electron chi connectivity index (χ2n) is 6.02. The Morgan fingerprint density at radius 2 is 2.14 bits per heavy atom. The standard InChI is InChI=1S/C15H25N3O3S/c1-11-8-15(21-4)16-12(2)14(11)10-17(3)13-6-7-18(9-13)22(5,19)20/h8,13H,6-7,9-10H2,1-5H3. The van der Waals surface area contributed by atoms with Gasteiger partial charge in [0.2, 0.25) is 15.9 Å². The lowest BCUT2D eigenvalue weighted by Crippen LogP contribution is -2.36. The van der Waals surface area contributed by atoms with E-state index in [0.717, 1.165) is 24.2 Å². The number of aryl methyl sites for hydroxylation is 2. The largest absolute Gasteiger partial charge is 0.481 e. The predicted octanol–water partition coefficient (Wildman–Crippen LogP) is 1.17. The fraction of sp³-hybridized carbons (Fsp3) is 0.667. The average molecular weight is 327 g/mol. The molecule has 6 nitrogen and oxygen atoms in total. The Balaban J connectivity index is 2.09. The fourth-order valence-electron chi connectivity index (χ4n) is 2.92. The maximum Gasteiger partial charge on any atom is 0.213 e. The van der Waals surface area contributed by atoms with Gasteiger partial charge in [0, 0.05) is 37.4 Å².